The van der Waals surface area contributed by atoms with Gasteiger partial charge in [0.25, 0.3) is 0 Å². The van der Waals surface area contributed by atoms with Crippen LogP contribution in [0.1, 0.15) is 17.1 Å². The number of nitrogens with one attached hydrogen (secondary N) is 1. The number of benzene rings is 2. The Morgan fingerprint density at radius 2 is 1.78 bits per heavy atom. The summed E-state index contributed by atoms with van der Waals surface area (Å²) in [6, 6.07) is 15.8. The molecule has 0 aliphatic heterocycles. The summed E-state index contributed by atoms with van der Waals surface area (Å²) < 4.78 is 41.2. The van der Waals surface area contributed by atoms with Gasteiger partial charge in [-0.15, -0.1) is 0 Å². The van der Waals surface area contributed by atoms with Crippen LogP contribution in [0.5, 0.6) is 0 Å². The van der Waals surface area contributed by atoms with Gasteiger partial charge in [0.15, 0.2) is 0 Å². The van der Waals surface area contributed by atoms with Gasteiger partial charge in [-0.3, -0.25) is 4.79 Å². The van der Waals surface area contributed by atoms with Crippen molar-refractivity contribution in [2.24, 2.45) is 0 Å². The number of rotatable bonds is 5. The van der Waals surface area contributed by atoms with Crippen molar-refractivity contribution >= 4 is 34.4 Å². The van der Waals surface area contributed by atoms with E-state index in [9.17, 15) is 18.0 Å². The van der Waals surface area contributed by atoms with Gasteiger partial charge in [0.05, 0.1) is 22.7 Å². The molecule has 6 nitrogen and oxygen atoms in total. The summed E-state index contributed by atoms with van der Waals surface area (Å²) >= 11 is 0.925. The number of nitrogens with zero attached hydrogens (tertiary/aromatic N) is 4. The number of alkyl halides is 3. The summed E-state index contributed by atoms with van der Waals surface area (Å²) in [4.78, 5) is 19.9. The predicted molar refractivity (Wildman–Crippen MR) is 117 cm³/mol. The third-order valence-corrected chi connectivity index (χ3v) is 5.53. The Morgan fingerprint density at radius 3 is 2.50 bits per heavy atom. The molecule has 0 spiro atoms. The fourth-order valence-electron chi connectivity index (χ4n) is 3.07. The minimum Gasteiger partial charge on any atom is -0.310 e. The van der Waals surface area contributed by atoms with Crippen LogP contribution in [0.2, 0.25) is 0 Å². The molecule has 10 heteroatoms. The molecular weight excluding hydrogens is 439 g/mol. The molecule has 2 aromatic heterocycles. The lowest BCUT2D eigenvalue weighted by Gasteiger charge is -2.11. The van der Waals surface area contributed by atoms with Gasteiger partial charge in [-0.1, -0.05) is 47.7 Å². The maximum Gasteiger partial charge on any atom is 0.451 e. The van der Waals surface area contributed by atoms with Crippen molar-refractivity contribution < 1.29 is 18.0 Å². The van der Waals surface area contributed by atoms with Gasteiger partial charge in [0.1, 0.15) is 10.8 Å². The van der Waals surface area contributed by atoms with Crippen LogP contribution in [0.4, 0.5) is 19.0 Å². The van der Waals surface area contributed by atoms with Crippen molar-refractivity contribution in [1.82, 2.24) is 19.7 Å². The van der Waals surface area contributed by atoms with Crippen LogP contribution in [-0.2, 0) is 11.0 Å². The van der Waals surface area contributed by atoms with Gasteiger partial charge in [-0.2, -0.15) is 18.3 Å². The highest BCUT2D eigenvalue weighted by Crippen LogP contribution is 2.32. The topological polar surface area (TPSA) is 72.7 Å². The quantitative estimate of drug-likeness (QED) is 0.330. The molecule has 2 aromatic carbocycles. The predicted octanol–water partition coefficient (Wildman–Crippen LogP) is 5.18. The first-order chi connectivity index (χ1) is 15.2. The Balaban J connectivity index is 1.54. The summed E-state index contributed by atoms with van der Waals surface area (Å²) in [5, 5.41) is 7.75. The van der Waals surface area contributed by atoms with Gasteiger partial charge in [-0.05, 0) is 32.0 Å². The number of anilines is 1. The molecule has 0 saturated heterocycles. The number of carbonyl (C=O) groups is 1. The molecule has 4 rings (SSSR count). The Bertz CT molecular complexity index is 1290. The molecule has 4 aromatic rings. The SMILES string of the molecule is Cc1ccc(-n2nc(C)cc2NC(=O)CSc2nc(C(F)(F)F)nc3ccccc23)cc1. The molecule has 0 fully saturated rings. The minimum atomic E-state index is -4.68. The van der Waals surface area contributed by atoms with Gasteiger partial charge in [0.2, 0.25) is 11.7 Å². The second-order valence-corrected chi connectivity index (χ2v) is 8.09. The van der Waals surface area contributed by atoms with Crippen molar-refractivity contribution in [3.8, 4) is 5.69 Å². The normalized spacial score (nSPS) is 11.7. The standard InChI is InChI=1S/C22H18F3N5OS/c1-13-7-9-15(10-8-13)30-18(11-14(2)29-30)27-19(31)12-32-20-16-5-3-4-6-17(16)26-21(28-20)22(23,24)25/h3-11H,12H2,1-2H3,(H,27,31). The molecule has 0 radical (unpaired) electrons. The monoisotopic (exact) mass is 457 g/mol. The molecule has 164 valence electrons. The number of amides is 1. The maximum atomic E-state index is 13.2. The lowest BCUT2D eigenvalue weighted by atomic mass is 10.2. The molecule has 1 N–H and O–H groups in total. The molecule has 1 amide bonds. The zero-order valence-electron chi connectivity index (χ0n) is 17.1. The highest BCUT2D eigenvalue weighted by molar-refractivity contribution is 8.00. The molecule has 2 heterocycles. The molecule has 0 bridgehead atoms. The largest absolute Gasteiger partial charge is 0.451 e. The van der Waals surface area contributed by atoms with Gasteiger partial charge >= 0.3 is 6.18 Å². The second kappa shape index (κ2) is 8.62. The first-order valence-corrected chi connectivity index (χ1v) is 10.6. The van der Waals surface area contributed by atoms with E-state index in [-0.39, 0.29) is 22.2 Å². The summed E-state index contributed by atoms with van der Waals surface area (Å²) in [6.07, 6.45) is -4.68. The van der Waals surface area contributed by atoms with Crippen molar-refractivity contribution in [2.75, 3.05) is 11.1 Å². The Hall–Kier alpha value is -3.40. The average Bonchev–Trinajstić information content (AvgIpc) is 3.11. The smallest absolute Gasteiger partial charge is 0.310 e. The first-order valence-electron chi connectivity index (χ1n) is 9.61. The number of halogens is 3. The lowest BCUT2D eigenvalue weighted by Crippen LogP contribution is -2.17. The molecule has 0 aliphatic carbocycles. The third kappa shape index (κ3) is 4.75. The van der Waals surface area contributed by atoms with E-state index in [2.05, 4.69) is 20.4 Å². The molecular formula is C22H18F3N5OS. The molecule has 0 aliphatic rings. The van der Waals surface area contributed by atoms with E-state index in [4.69, 9.17) is 0 Å². The van der Waals surface area contributed by atoms with Crippen LogP contribution in [0, 0.1) is 13.8 Å². The average molecular weight is 457 g/mol. The molecule has 0 atom stereocenters. The third-order valence-electron chi connectivity index (χ3n) is 4.54. The van der Waals surface area contributed by atoms with Crippen LogP contribution < -0.4 is 5.32 Å². The van der Waals surface area contributed by atoms with E-state index in [0.29, 0.717) is 16.9 Å². The number of hydrogen-bond donors (Lipinski definition) is 1. The summed E-state index contributed by atoms with van der Waals surface area (Å²) in [6.45, 7) is 3.78. The van der Waals surface area contributed by atoms with Gasteiger partial charge < -0.3 is 5.32 Å². The van der Waals surface area contributed by atoms with Crippen LogP contribution >= 0.6 is 11.8 Å². The number of para-hydroxylation sites is 1. The molecule has 0 saturated carbocycles. The number of thioether (sulfide) groups is 1. The summed E-state index contributed by atoms with van der Waals surface area (Å²) in [5.74, 6) is -1.27. The highest BCUT2D eigenvalue weighted by Gasteiger charge is 2.35. The Morgan fingerprint density at radius 1 is 1.06 bits per heavy atom. The van der Waals surface area contributed by atoms with Crippen molar-refractivity contribution in [2.45, 2.75) is 25.0 Å². The maximum absolute atomic E-state index is 13.2. The Kier molecular flexibility index (Phi) is 5.88. The van der Waals surface area contributed by atoms with Crippen LogP contribution in [-0.4, -0.2) is 31.4 Å². The van der Waals surface area contributed by atoms with E-state index in [1.165, 1.54) is 6.07 Å². The van der Waals surface area contributed by atoms with E-state index in [1.54, 1.807) is 35.9 Å². The number of carbonyl (C=O) groups excluding carboxylic acids is 1. The highest BCUT2D eigenvalue weighted by atomic mass is 32.2. The number of fused-ring (bicyclic) bond motifs is 1. The minimum absolute atomic E-state index is 0.0984. The second-order valence-electron chi connectivity index (χ2n) is 7.12. The Labute approximate surface area is 185 Å². The first kappa shape index (κ1) is 21.8. The van der Waals surface area contributed by atoms with Crippen LogP contribution in [0.15, 0.2) is 59.6 Å². The van der Waals surface area contributed by atoms with Crippen LogP contribution in [0.25, 0.3) is 16.6 Å². The lowest BCUT2D eigenvalue weighted by molar-refractivity contribution is -0.145. The molecule has 0 unspecified atom stereocenters. The summed E-state index contributed by atoms with van der Waals surface area (Å²) in [7, 11) is 0. The van der Waals surface area contributed by atoms with Crippen molar-refractivity contribution in [3.05, 3.63) is 71.7 Å². The fourth-order valence-corrected chi connectivity index (χ4v) is 3.89. The van der Waals surface area contributed by atoms with Crippen LogP contribution in [0.3, 0.4) is 0 Å². The molecule has 32 heavy (non-hydrogen) atoms. The van der Waals surface area contributed by atoms with E-state index in [0.717, 1.165) is 23.0 Å². The van der Waals surface area contributed by atoms with Crippen molar-refractivity contribution in [3.63, 3.8) is 0 Å². The number of aryl methyl sites for hydroxylation is 2. The van der Waals surface area contributed by atoms with E-state index in [1.807, 2.05) is 31.2 Å². The van der Waals surface area contributed by atoms with E-state index >= 15 is 0 Å². The zero-order chi connectivity index (χ0) is 22.9. The zero-order valence-corrected chi connectivity index (χ0v) is 18.0. The van der Waals surface area contributed by atoms with Gasteiger partial charge in [-0.25, -0.2) is 14.6 Å². The van der Waals surface area contributed by atoms with Crippen molar-refractivity contribution in [1.29, 1.82) is 0 Å². The number of hydrogen-bond acceptors (Lipinski definition) is 5. The van der Waals surface area contributed by atoms with Gasteiger partial charge in [0, 0.05) is 11.5 Å². The van der Waals surface area contributed by atoms with E-state index < -0.39 is 12.0 Å². The number of aromatic nitrogens is 4. The summed E-state index contributed by atoms with van der Waals surface area (Å²) in [5.41, 5.74) is 2.76. The fraction of sp³-hybridized carbons (Fsp3) is 0.182.